The first kappa shape index (κ1) is 15.3. The number of benzene rings is 1. The zero-order valence-electron chi connectivity index (χ0n) is 13.4. The zero-order valence-corrected chi connectivity index (χ0v) is 14.2. The number of hydrogen-bond donors (Lipinski definition) is 0. The fraction of sp³-hybridized carbons (Fsp3) is 0.389. The van der Waals surface area contributed by atoms with Crippen LogP contribution < -0.4 is 0 Å². The van der Waals surface area contributed by atoms with Crippen LogP contribution in [0.1, 0.15) is 29.3 Å². The summed E-state index contributed by atoms with van der Waals surface area (Å²) in [5.74, 6) is 0. The molecule has 1 aromatic heterocycles. The third-order valence-electron chi connectivity index (χ3n) is 4.26. The van der Waals surface area contributed by atoms with Gasteiger partial charge in [0.15, 0.2) is 0 Å². The smallest absolute Gasteiger partial charge is 0.129 e. The molecule has 3 nitrogen and oxygen atoms in total. The lowest BCUT2D eigenvalue weighted by Gasteiger charge is -2.24. The molecule has 0 N–H and O–H groups in total. The van der Waals surface area contributed by atoms with E-state index in [-0.39, 0.29) is 5.41 Å². The summed E-state index contributed by atoms with van der Waals surface area (Å²) in [6.45, 7) is 3.81. The molecule has 1 aliphatic rings. The highest BCUT2D eigenvalue weighted by molar-refractivity contribution is 7.12. The molecule has 0 radical (unpaired) electrons. The molecule has 1 atom stereocenters. The topological polar surface area (TPSA) is 24.8 Å². The fourth-order valence-corrected chi connectivity index (χ4v) is 3.97. The van der Waals surface area contributed by atoms with Gasteiger partial charge in [0.25, 0.3) is 0 Å². The van der Waals surface area contributed by atoms with Crippen molar-refractivity contribution < 1.29 is 4.84 Å². The van der Waals surface area contributed by atoms with Crippen molar-refractivity contribution in [3.63, 3.8) is 0 Å². The number of hydrogen-bond acceptors (Lipinski definition) is 4. The van der Waals surface area contributed by atoms with Crippen LogP contribution in [0.5, 0.6) is 0 Å². The van der Waals surface area contributed by atoms with E-state index in [4.69, 9.17) is 4.84 Å². The molecule has 1 heterocycles. The Labute approximate surface area is 136 Å². The third kappa shape index (κ3) is 2.81. The highest BCUT2D eigenvalue weighted by Gasteiger charge is 2.40. The van der Waals surface area contributed by atoms with Crippen molar-refractivity contribution in [1.29, 1.82) is 0 Å². The molecule has 2 aromatic rings. The first-order valence-electron chi connectivity index (χ1n) is 7.59. The quantitative estimate of drug-likeness (QED) is 0.620. The Morgan fingerprint density at radius 2 is 2.00 bits per heavy atom. The number of thiophene rings is 1. The summed E-state index contributed by atoms with van der Waals surface area (Å²) in [5, 5.41) is 6.58. The molecule has 1 unspecified atom stereocenters. The minimum Gasteiger partial charge on any atom is -0.394 e. The Bertz CT molecular complexity index is 663. The van der Waals surface area contributed by atoms with Gasteiger partial charge >= 0.3 is 0 Å². The average Bonchev–Trinajstić information content (AvgIpc) is 3.09. The van der Waals surface area contributed by atoms with Crippen LogP contribution >= 0.6 is 11.3 Å². The van der Waals surface area contributed by atoms with Crippen molar-refractivity contribution in [3.8, 4) is 0 Å². The SMILES string of the molecule is CN(C)CCON=C1CC(C)(c2ccccc2)c2ccsc21. The molecule has 1 aromatic carbocycles. The summed E-state index contributed by atoms with van der Waals surface area (Å²) >= 11 is 1.76. The van der Waals surface area contributed by atoms with Crippen LogP contribution in [0.2, 0.25) is 0 Å². The van der Waals surface area contributed by atoms with Gasteiger partial charge in [-0.15, -0.1) is 11.3 Å². The lowest BCUT2D eigenvalue weighted by atomic mass is 9.78. The largest absolute Gasteiger partial charge is 0.394 e. The predicted molar refractivity (Wildman–Crippen MR) is 92.9 cm³/mol. The van der Waals surface area contributed by atoms with Crippen LogP contribution in [0.3, 0.4) is 0 Å². The van der Waals surface area contributed by atoms with Crippen LogP contribution in [0, 0.1) is 0 Å². The Hall–Kier alpha value is -1.65. The second-order valence-corrected chi connectivity index (χ2v) is 7.13. The van der Waals surface area contributed by atoms with Crippen LogP contribution in [0.15, 0.2) is 46.9 Å². The molecule has 116 valence electrons. The maximum absolute atomic E-state index is 5.54. The molecule has 0 aliphatic heterocycles. The molecule has 0 fully saturated rings. The van der Waals surface area contributed by atoms with Crippen LogP contribution in [0.4, 0.5) is 0 Å². The number of fused-ring (bicyclic) bond motifs is 1. The Balaban J connectivity index is 1.84. The summed E-state index contributed by atoms with van der Waals surface area (Å²) < 4.78 is 0. The summed E-state index contributed by atoms with van der Waals surface area (Å²) in [6, 6.07) is 12.9. The van der Waals surface area contributed by atoms with Gasteiger partial charge in [0, 0.05) is 18.4 Å². The van der Waals surface area contributed by atoms with E-state index in [9.17, 15) is 0 Å². The molecule has 0 saturated carbocycles. The highest BCUT2D eigenvalue weighted by Crippen LogP contribution is 2.46. The van der Waals surface area contributed by atoms with Crippen molar-refractivity contribution in [2.24, 2.45) is 5.16 Å². The highest BCUT2D eigenvalue weighted by atomic mass is 32.1. The Kier molecular flexibility index (Phi) is 4.32. The van der Waals surface area contributed by atoms with Crippen molar-refractivity contribution in [1.82, 2.24) is 4.90 Å². The molecule has 0 amide bonds. The summed E-state index contributed by atoms with van der Waals surface area (Å²) in [4.78, 5) is 8.91. The molecule has 22 heavy (non-hydrogen) atoms. The van der Waals surface area contributed by atoms with E-state index in [0.717, 1.165) is 18.7 Å². The number of nitrogens with zero attached hydrogens (tertiary/aromatic N) is 2. The fourth-order valence-electron chi connectivity index (χ4n) is 2.96. The third-order valence-corrected chi connectivity index (χ3v) is 5.22. The van der Waals surface area contributed by atoms with Gasteiger partial charge in [-0.2, -0.15) is 0 Å². The van der Waals surface area contributed by atoms with Crippen molar-refractivity contribution >= 4 is 17.0 Å². The Morgan fingerprint density at radius 1 is 1.23 bits per heavy atom. The molecular weight excluding hydrogens is 292 g/mol. The normalized spacial score (nSPS) is 22.3. The van der Waals surface area contributed by atoms with E-state index >= 15 is 0 Å². The minimum atomic E-state index is 0.000332. The van der Waals surface area contributed by atoms with E-state index in [1.54, 1.807) is 11.3 Å². The molecule has 0 bridgehead atoms. The second-order valence-electron chi connectivity index (χ2n) is 6.21. The molecular formula is C18H22N2OS. The first-order valence-corrected chi connectivity index (χ1v) is 8.46. The zero-order chi connectivity index (χ0) is 15.6. The molecule has 0 spiro atoms. The van der Waals surface area contributed by atoms with Gasteiger partial charge in [-0.25, -0.2) is 0 Å². The lowest BCUT2D eigenvalue weighted by Crippen LogP contribution is -2.20. The van der Waals surface area contributed by atoms with Crippen molar-refractivity contribution in [3.05, 3.63) is 57.8 Å². The van der Waals surface area contributed by atoms with Gasteiger partial charge in [0.05, 0.1) is 10.6 Å². The van der Waals surface area contributed by atoms with Gasteiger partial charge < -0.3 is 9.74 Å². The summed E-state index contributed by atoms with van der Waals surface area (Å²) in [5.41, 5.74) is 3.79. The molecule has 1 aliphatic carbocycles. The standard InChI is InChI=1S/C18H22N2OS/c1-18(14-7-5-4-6-8-14)13-16(17-15(18)9-12-22-17)19-21-11-10-20(2)3/h4-9,12H,10-11,13H2,1-3H3. The average molecular weight is 314 g/mol. The van der Waals surface area contributed by atoms with E-state index in [1.807, 2.05) is 14.1 Å². The van der Waals surface area contributed by atoms with E-state index in [2.05, 4.69) is 58.8 Å². The first-order chi connectivity index (χ1) is 10.6. The van der Waals surface area contributed by atoms with E-state index < -0.39 is 0 Å². The van der Waals surface area contributed by atoms with Crippen LogP contribution in [-0.4, -0.2) is 37.9 Å². The predicted octanol–water partition coefficient (Wildman–Crippen LogP) is 3.74. The number of rotatable bonds is 5. The number of oxime groups is 1. The van der Waals surface area contributed by atoms with Gasteiger partial charge in [-0.05, 0) is 36.7 Å². The van der Waals surface area contributed by atoms with Crippen molar-refractivity contribution in [2.75, 3.05) is 27.2 Å². The van der Waals surface area contributed by atoms with Gasteiger partial charge in [-0.3, -0.25) is 0 Å². The molecule has 0 saturated heterocycles. The maximum Gasteiger partial charge on any atom is 0.129 e. The number of likely N-dealkylation sites (N-methyl/N-ethyl adjacent to an activating group) is 1. The Morgan fingerprint density at radius 3 is 2.73 bits per heavy atom. The second kappa shape index (κ2) is 6.23. The van der Waals surface area contributed by atoms with Crippen LogP contribution in [0.25, 0.3) is 0 Å². The lowest BCUT2D eigenvalue weighted by molar-refractivity contribution is 0.125. The van der Waals surface area contributed by atoms with Gasteiger partial charge in [-0.1, -0.05) is 42.4 Å². The minimum absolute atomic E-state index is 0.000332. The van der Waals surface area contributed by atoms with Crippen LogP contribution in [-0.2, 0) is 10.3 Å². The summed E-state index contributed by atoms with van der Waals surface area (Å²) in [7, 11) is 4.08. The molecule has 3 rings (SSSR count). The monoisotopic (exact) mass is 314 g/mol. The maximum atomic E-state index is 5.54. The molecule has 4 heteroatoms. The summed E-state index contributed by atoms with van der Waals surface area (Å²) in [6.07, 6.45) is 0.904. The van der Waals surface area contributed by atoms with Gasteiger partial charge in [0.2, 0.25) is 0 Å². The van der Waals surface area contributed by atoms with Crippen molar-refractivity contribution in [2.45, 2.75) is 18.8 Å². The van der Waals surface area contributed by atoms with E-state index in [1.165, 1.54) is 16.0 Å². The van der Waals surface area contributed by atoms with Gasteiger partial charge in [0.1, 0.15) is 6.61 Å². The van der Waals surface area contributed by atoms with E-state index in [0.29, 0.717) is 6.61 Å².